The topological polar surface area (TPSA) is 109 Å². The molecule has 5 nitrogen and oxygen atoms in total. The fraction of sp³-hybridized carbons (Fsp3) is 1.00. The second-order valence-electron chi connectivity index (χ2n) is 1.96. The third-order valence-electron chi connectivity index (χ3n) is 0.962. The maximum Gasteiger partial charge on any atom is 1.00 e. The van der Waals surface area contributed by atoms with Crippen LogP contribution in [0.5, 0.6) is 0 Å². The molecule has 0 heterocycles. The largest absolute Gasteiger partial charge is 1.00 e. The van der Waals surface area contributed by atoms with Crippen LogP contribution in [0.3, 0.4) is 0 Å². The molecule has 0 aromatic rings. The second-order valence-corrected chi connectivity index (χ2v) is 3.41. The Hall–Kier alpha value is 0.480. The summed E-state index contributed by atoms with van der Waals surface area (Å²) in [7, 11) is -6.54. The Bertz CT molecular complexity index is 286. The quantitative estimate of drug-likeness (QED) is 0.315. The summed E-state index contributed by atoms with van der Waals surface area (Å²) < 4.78 is 86.7. The fourth-order valence-corrected chi connectivity index (χ4v) is 0.734. The third kappa shape index (κ3) is 4.89. The van der Waals surface area contributed by atoms with Gasteiger partial charge in [-0.25, -0.2) is 8.42 Å². The van der Waals surface area contributed by atoms with Crippen LogP contribution in [0, 0.1) is 0 Å². The number of hydrogen-bond donors (Lipinski definition) is 1. The van der Waals surface area contributed by atoms with Crippen molar-refractivity contribution in [2.75, 3.05) is 0 Å². The number of hydrogen-bond acceptors (Lipinski definition) is 4. The Morgan fingerprint density at radius 1 is 1.13 bits per heavy atom. The summed E-state index contributed by atoms with van der Waals surface area (Å²) in [6, 6.07) is 0. The normalized spacial score (nSPS) is 14.9. The Morgan fingerprint density at radius 2 is 1.40 bits per heavy atom. The van der Waals surface area contributed by atoms with Crippen molar-refractivity contribution < 1.29 is 75.1 Å². The van der Waals surface area contributed by atoms with E-state index in [0.29, 0.717) is 0 Å². The Morgan fingerprint density at radius 3 is 1.47 bits per heavy atom. The molecule has 1 atom stereocenters. The van der Waals surface area contributed by atoms with Crippen molar-refractivity contribution in [2.24, 2.45) is 0 Å². The zero-order valence-corrected chi connectivity index (χ0v) is 9.86. The van der Waals surface area contributed by atoms with Crippen LogP contribution in [0.2, 0.25) is 0 Å². The number of aliphatic hydroxyl groups is 1. The first-order valence-electron chi connectivity index (χ1n) is 2.48. The molecule has 0 spiro atoms. The second kappa shape index (κ2) is 5.70. The molecule has 0 saturated carbocycles. The molecule has 88 valence electrons. The standard InChI is InChI=1S/C3H3F5O4S.Na.H2O/c4-2(5,6)1(9)3(7,8)13(10,11)12;;/h1,9H,(H,10,11,12);;1H2/q;+1;/p-1. The molecular formula is C3H4F5NaO5S. The number of halogens is 5. The molecule has 0 rings (SSSR count). The Balaban J connectivity index is -0.000000720. The first-order valence-corrected chi connectivity index (χ1v) is 3.89. The summed E-state index contributed by atoms with van der Waals surface area (Å²) in [4.78, 5) is 0. The molecule has 3 N–H and O–H groups in total. The maximum absolute atomic E-state index is 11.9. The van der Waals surface area contributed by atoms with Gasteiger partial charge in [0.15, 0.2) is 10.1 Å². The van der Waals surface area contributed by atoms with E-state index in [2.05, 4.69) is 0 Å². The van der Waals surface area contributed by atoms with E-state index < -0.39 is 27.7 Å². The SMILES string of the molecule is O.O=S(=O)([O-])C(F)(F)C(O)C(F)(F)F.[Na+]. The van der Waals surface area contributed by atoms with E-state index in [1.807, 2.05) is 0 Å². The van der Waals surface area contributed by atoms with Crippen LogP contribution in [0.15, 0.2) is 0 Å². The van der Waals surface area contributed by atoms with Crippen molar-refractivity contribution in [3.8, 4) is 0 Å². The molecule has 0 amide bonds. The van der Waals surface area contributed by atoms with Gasteiger partial charge in [-0.15, -0.1) is 0 Å². The van der Waals surface area contributed by atoms with Crippen LogP contribution in [-0.2, 0) is 10.1 Å². The molecule has 0 aromatic carbocycles. The molecule has 1 unspecified atom stereocenters. The molecule has 0 radical (unpaired) electrons. The van der Waals surface area contributed by atoms with E-state index in [1.165, 1.54) is 0 Å². The van der Waals surface area contributed by atoms with Crippen molar-refractivity contribution >= 4 is 10.1 Å². The first kappa shape index (κ1) is 20.8. The minimum Gasteiger partial charge on any atom is -0.743 e. The molecule has 0 aliphatic heterocycles. The average Bonchev–Trinajstić information content (AvgIpc) is 1.81. The zero-order valence-electron chi connectivity index (χ0n) is 7.05. The maximum atomic E-state index is 11.9. The van der Waals surface area contributed by atoms with Crippen LogP contribution < -0.4 is 29.6 Å². The van der Waals surface area contributed by atoms with Gasteiger partial charge in [0.25, 0.3) is 0 Å². The molecule has 15 heavy (non-hydrogen) atoms. The summed E-state index contributed by atoms with van der Waals surface area (Å²) in [5.74, 6) is 0. The van der Waals surface area contributed by atoms with Gasteiger partial charge < -0.3 is 15.1 Å². The molecular weight excluding hydrogens is 266 g/mol. The molecule has 0 fully saturated rings. The van der Waals surface area contributed by atoms with E-state index in [0.717, 1.165) is 0 Å². The van der Waals surface area contributed by atoms with E-state index in [9.17, 15) is 34.9 Å². The van der Waals surface area contributed by atoms with Crippen LogP contribution in [0.25, 0.3) is 0 Å². The van der Waals surface area contributed by atoms with Crippen molar-refractivity contribution in [3.05, 3.63) is 0 Å². The van der Waals surface area contributed by atoms with Crippen molar-refractivity contribution in [1.82, 2.24) is 0 Å². The van der Waals surface area contributed by atoms with Gasteiger partial charge in [-0.2, -0.15) is 22.0 Å². The summed E-state index contributed by atoms with van der Waals surface area (Å²) >= 11 is 0. The van der Waals surface area contributed by atoms with Crippen molar-refractivity contribution in [3.63, 3.8) is 0 Å². The molecule has 0 aromatic heterocycles. The number of alkyl halides is 5. The molecule has 0 aliphatic rings. The predicted molar refractivity (Wildman–Crippen MR) is 30.3 cm³/mol. The predicted octanol–water partition coefficient (Wildman–Crippen LogP) is -3.77. The van der Waals surface area contributed by atoms with Crippen LogP contribution in [0.4, 0.5) is 22.0 Å². The summed E-state index contributed by atoms with van der Waals surface area (Å²) in [6.45, 7) is 0. The summed E-state index contributed by atoms with van der Waals surface area (Å²) in [5, 5.41) is 2.02. The van der Waals surface area contributed by atoms with Gasteiger partial charge in [0.2, 0.25) is 6.10 Å². The first-order chi connectivity index (χ1) is 5.40. The Kier molecular flexibility index (Phi) is 7.92. The molecule has 12 heteroatoms. The van der Waals surface area contributed by atoms with Crippen molar-refractivity contribution in [1.29, 1.82) is 0 Å². The third-order valence-corrected chi connectivity index (χ3v) is 1.85. The van der Waals surface area contributed by atoms with Crippen LogP contribution in [-0.4, -0.2) is 41.1 Å². The zero-order chi connectivity index (χ0) is 11.1. The van der Waals surface area contributed by atoms with E-state index in [-0.39, 0.29) is 35.0 Å². The van der Waals surface area contributed by atoms with E-state index in [4.69, 9.17) is 5.11 Å². The summed E-state index contributed by atoms with van der Waals surface area (Å²) in [5.41, 5.74) is 0. The van der Waals surface area contributed by atoms with Crippen LogP contribution >= 0.6 is 0 Å². The van der Waals surface area contributed by atoms with Gasteiger partial charge in [-0.05, 0) is 0 Å². The van der Waals surface area contributed by atoms with Gasteiger partial charge in [0.1, 0.15) is 0 Å². The smallest absolute Gasteiger partial charge is 0.743 e. The minimum atomic E-state index is -6.54. The van der Waals surface area contributed by atoms with Gasteiger partial charge >= 0.3 is 41.0 Å². The van der Waals surface area contributed by atoms with Crippen LogP contribution in [0.1, 0.15) is 0 Å². The minimum absolute atomic E-state index is 0. The monoisotopic (exact) mass is 270 g/mol. The fourth-order valence-electron chi connectivity index (χ4n) is 0.327. The number of rotatable bonds is 2. The average molecular weight is 270 g/mol. The molecule has 0 saturated heterocycles. The van der Waals surface area contributed by atoms with Crippen molar-refractivity contribution in [2.45, 2.75) is 17.5 Å². The van der Waals surface area contributed by atoms with Gasteiger partial charge in [0, 0.05) is 0 Å². The molecule has 0 bridgehead atoms. The van der Waals surface area contributed by atoms with Gasteiger partial charge in [0.05, 0.1) is 0 Å². The summed E-state index contributed by atoms with van der Waals surface area (Å²) in [6.07, 6.45) is -10.4. The van der Waals surface area contributed by atoms with Gasteiger partial charge in [-0.3, -0.25) is 0 Å². The Labute approximate surface area is 103 Å². The van der Waals surface area contributed by atoms with E-state index >= 15 is 0 Å². The molecule has 0 aliphatic carbocycles. The van der Waals surface area contributed by atoms with E-state index in [1.54, 1.807) is 0 Å². The van der Waals surface area contributed by atoms with Gasteiger partial charge in [-0.1, -0.05) is 0 Å². The number of aliphatic hydroxyl groups excluding tert-OH is 1.